The van der Waals surface area contributed by atoms with Gasteiger partial charge in [-0.3, -0.25) is 0 Å². The molecule has 0 saturated heterocycles. The summed E-state index contributed by atoms with van der Waals surface area (Å²) in [6.45, 7) is 5.14. The van der Waals surface area contributed by atoms with Gasteiger partial charge >= 0.3 is 0 Å². The molecule has 0 unspecified atom stereocenters. The Morgan fingerprint density at radius 3 is 2.18 bits per heavy atom. The van der Waals surface area contributed by atoms with Gasteiger partial charge in [-0.1, -0.05) is 24.3 Å². The van der Waals surface area contributed by atoms with Crippen LogP contribution in [0.3, 0.4) is 0 Å². The van der Waals surface area contributed by atoms with Gasteiger partial charge in [0, 0.05) is 18.7 Å². The first kappa shape index (κ1) is 22.2. The highest BCUT2D eigenvalue weighted by molar-refractivity contribution is 5.28. The normalized spacial score (nSPS) is 12.6. The average molecular weight is 388 g/mol. The van der Waals surface area contributed by atoms with Gasteiger partial charge in [0.25, 0.3) is 0 Å². The van der Waals surface area contributed by atoms with Gasteiger partial charge in [-0.25, -0.2) is 0 Å². The zero-order valence-corrected chi connectivity index (χ0v) is 17.1. The minimum absolute atomic E-state index is 0.149. The topological polar surface area (TPSA) is 71.0 Å². The van der Waals surface area contributed by atoms with Gasteiger partial charge in [0.05, 0.1) is 7.11 Å². The van der Waals surface area contributed by atoms with E-state index in [1.165, 1.54) is 11.1 Å². The van der Waals surface area contributed by atoms with Crippen molar-refractivity contribution >= 4 is 0 Å². The molecule has 0 aromatic heterocycles. The summed E-state index contributed by atoms with van der Waals surface area (Å²) in [6.07, 6.45) is 1.87. The Hall–Kier alpha value is -2.08. The Kier molecular flexibility index (Phi) is 8.77. The molecule has 0 amide bonds. The van der Waals surface area contributed by atoms with E-state index in [2.05, 4.69) is 31.3 Å². The molecule has 1 atom stereocenters. The lowest BCUT2D eigenvalue weighted by molar-refractivity contribution is 0.0988. The maximum atomic E-state index is 10.2. The lowest BCUT2D eigenvalue weighted by Crippen LogP contribution is -2.46. The first-order chi connectivity index (χ1) is 13.4. The molecule has 28 heavy (non-hydrogen) atoms. The monoisotopic (exact) mass is 387 g/mol. The van der Waals surface area contributed by atoms with Crippen molar-refractivity contribution in [3.05, 3.63) is 59.7 Å². The van der Waals surface area contributed by atoms with Gasteiger partial charge in [0.15, 0.2) is 0 Å². The average Bonchev–Trinajstić information content (AvgIpc) is 2.70. The molecule has 0 radical (unpaired) electrons. The number of nitrogens with one attached hydrogen (secondary N) is 1. The van der Waals surface area contributed by atoms with Gasteiger partial charge in [-0.2, -0.15) is 0 Å². The summed E-state index contributed by atoms with van der Waals surface area (Å²) in [5.41, 5.74) is 2.23. The summed E-state index contributed by atoms with van der Waals surface area (Å²) in [5, 5.41) is 22.5. The molecule has 154 valence electrons. The van der Waals surface area contributed by atoms with E-state index in [0.717, 1.165) is 30.8 Å². The zero-order chi connectivity index (χ0) is 20.4. The highest BCUT2D eigenvalue weighted by atomic mass is 16.5. The molecule has 3 N–H and O–H groups in total. The van der Waals surface area contributed by atoms with Crippen LogP contribution in [0.4, 0.5) is 0 Å². The third-order valence-electron chi connectivity index (χ3n) is 4.61. The van der Waals surface area contributed by atoms with Crippen LogP contribution in [-0.2, 0) is 12.8 Å². The number of β-amino-alcohol motifs (C(OH)–C–C–N with tert-alkyl or cyclic N) is 1. The second-order valence-electron chi connectivity index (χ2n) is 7.73. The van der Waals surface area contributed by atoms with E-state index in [9.17, 15) is 5.11 Å². The van der Waals surface area contributed by atoms with E-state index in [0.29, 0.717) is 6.54 Å². The number of benzene rings is 2. The van der Waals surface area contributed by atoms with Crippen LogP contribution >= 0.6 is 0 Å². The predicted molar refractivity (Wildman–Crippen MR) is 112 cm³/mol. The minimum atomic E-state index is -0.593. The second-order valence-corrected chi connectivity index (χ2v) is 7.73. The van der Waals surface area contributed by atoms with Gasteiger partial charge in [0.2, 0.25) is 0 Å². The van der Waals surface area contributed by atoms with E-state index < -0.39 is 6.10 Å². The van der Waals surface area contributed by atoms with Crippen LogP contribution < -0.4 is 14.8 Å². The fourth-order valence-corrected chi connectivity index (χ4v) is 3.00. The minimum Gasteiger partial charge on any atom is -0.497 e. The van der Waals surface area contributed by atoms with Gasteiger partial charge in [0.1, 0.15) is 24.2 Å². The second kappa shape index (κ2) is 11.1. The summed E-state index contributed by atoms with van der Waals surface area (Å²) in [4.78, 5) is 0. The summed E-state index contributed by atoms with van der Waals surface area (Å²) >= 11 is 0. The number of methoxy groups -OCH3 is 1. The van der Waals surface area contributed by atoms with Crippen molar-refractivity contribution in [1.29, 1.82) is 0 Å². The Morgan fingerprint density at radius 1 is 0.964 bits per heavy atom. The standard InChI is InChI=1S/C23H33NO4/c1-23(2,15-19-8-10-21(27-3)11-9-19)24-16-20(26)17-28-22-12-6-18(7-13-22)5-4-14-25/h6-13,20,24-26H,4-5,14-17H2,1-3H3/t20-/m1/s1. The number of rotatable bonds is 12. The molecule has 0 spiro atoms. The number of hydrogen-bond acceptors (Lipinski definition) is 5. The van der Waals surface area contributed by atoms with E-state index >= 15 is 0 Å². The largest absolute Gasteiger partial charge is 0.497 e. The van der Waals surface area contributed by atoms with Crippen molar-refractivity contribution in [3.63, 3.8) is 0 Å². The molecular weight excluding hydrogens is 354 g/mol. The van der Waals surface area contributed by atoms with Crippen LogP contribution in [-0.4, -0.2) is 48.7 Å². The smallest absolute Gasteiger partial charge is 0.119 e. The van der Waals surface area contributed by atoms with Crippen molar-refractivity contribution in [2.24, 2.45) is 0 Å². The van der Waals surface area contributed by atoms with Crippen LogP contribution in [0.1, 0.15) is 31.4 Å². The molecule has 0 aliphatic heterocycles. The maximum Gasteiger partial charge on any atom is 0.119 e. The molecule has 0 aliphatic rings. The Morgan fingerprint density at radius 2 is 1.57 bits per heavy atom. The molecule has 0 fully saturated rings. The summed E-state index contributed by atoms with van der Waals surface area (Å²) in [7, 11) is 1.66. The van der Waals surface area contributed by atoms with Crippen molar-refractivity contribution in [1.82, 2.24) is 5.32 Å². The third kappa shape index (κ3) is 7.89. The fraction of sp³-hybridized carbons (Fsp3) is 0.478. The van der Waals surface area contributed by atoms with Crippen LogP contribution in [0.25, 0.3) is 0 Å². The molecule has 0 bridgehead atoms. The third-order valence-corrected chi connectivity index (χ3v) is 4.61. The highest BCUT2D eigenvalue weighted by Crippen LogP contribution is 2.17. The van der Waals surface area contributed by atoms with E-state index in [-0.39, 0.29) is 18.8 Å². The number of ether oxygens (including phenoxy) is 2. The van der Waals surface area contributed by atoms with E-state index in [4.69, 9.17) is 14.6 Å². The molecule has 2 aromatic rings. The Bertz CT molecular complexity index is 683. The molecule has 0 aliphatic carbocycles. The van der Waals surface area contributed by atoms with Crippen LogP contribution in [0.2, 0.25) is 0 Å². The number of aliphatic hydroxyl groups excluding tert-OH is 2. The van der Waals surface area contributed by atoms with Crippen molar-refractivity contribution in [2.75, 3.05) is 26.9 Å². The van der Waals surface area contributed by atoms with Crippen molar-refractivity contribution in [3.8, 4) is 11.5 Å². The summed E-state index contributed by atoms with van der Waals surface area (Å²) in [5.74, 6) is 1.59. The van der Waals surface area contributed by atoms with Gasteiger partial charge < -0.3 is 25.0 Å². The summed E-state index contributed by atoms with van der Waals surface area (Å²) < 4.78 is 10.9. The first-order valence-corrected chi connectivity index (χ1v) is 9.80. The Balaban J connectivity index is 1.73. The van der Waals surface area contributed by atoms with Crippen molar-refractivity contribution < 1.29 is 19.7 Å². The first-order valence-electron chi connectivity index (χ1n) is 9.80. The molecule has 0 saturated carbocycles. The van der Waals surface area contributed by atoms with Gasteiger partial charge in [-0.15, -0.1) is 0 Å². The number of hydrogen-bond donors (Lipinski definition) is 3. The zero-order valence-electron chi connectivity index (χ0n) is 17.1. The van der Waals surface area contributed by atoms with Crippen LogP contribution in [0, 0.1) is 0 Å². The van der Waals surface area contributed by atoms with Crippen LogP contribution in [0.5, 0.6) is 11.5 Å². The number of aryl methyl sites for hydroxylation is 1. The summed E-state index contributed by atoms with van der Waals surface area (Å²) in [6, 6.07) is 15.8. The molecule has 5 nitrogen and oxygen atoms in total. The SMILES string of the molecule is COc1ccc(CC(C)(C)NC[C@@H](O)COc2ccc(CCCO)cc2)cc1. The van der Waals surface area contributed by atoms with E-state index in [1.807, 2.05) is 36.4 Å². The highest BCUT2D eigenvalue weighted by Gasteiger charge is 2.19. The molecular formula is C23H33NO4. The maximum absolute atomic E-state index is 10.2. The fourth-order valence-electron chi connectivity index (χ4n) is 3.00. The quantitative estimate of drug-likeness (QED) is 0.522. The lowest BCUT2D eigenvalue weighted by atomic mass is 9.94. The van der Waals surface area contributed by atoms with Crippen LogP contribution in [0.15, 0.2) is 48.5 Å². The Labute approximate surface area is 168 Å². The van der Waals surface area contributed by atoms with Gasteiger partial charge in [-0.05, 0) is 68.5 Å². The lowest BCUT2D eigenvalue weighted by Gasteiger charge is -2.28. The predicted octanol–water partition coefficient (Wildman–Crippen LogP) is 2.97. The molecule has 2 rings (SSSR count). The number of aliphatic hydroxyl groups is 2. The molecule has 0 heterocycles. The van der Waals surface area contributed by atoms with E-state index in [1.54, 1.807) is 7.11 Å². The molecule has 2 aromatic carbocycles. The molecule has 5 heteroatoms. The van der Waals surface area contributed by atoms with Crippen molar-refractivity contribution in [2.45, 2.75) is 44.8 Å².